The van der Waals surface area contributed by atoms with E-state index in [4.69, 9.17) is 0 Å². The minimum absolute atomic E-state index is 0.0450. The zero-order valence-corrected chi connectivity index (χ0v) is 14.6. The van der Waals surface area contributed by atoms with Gasteiger partial charge >= 0.3 is 0 Å². The fourth-order valence-corrected chi connectivity index (χ4v) is 3.24. The van der Waals surface area contributed by atoms with Crippen LogP contribution in [0.4, 0.5) is 0 Å². The molecule has 1 aliphatic rings. The highest BCUT2D eigenvalue weighted by Crippen LogP contribution is 2.21. The standard InChI is InChI=1S/C21H24N2O2/c1-2-20(24)22-12-7-13-23(15-14-22)21(25)19-11-6-10-18(16-19)17-8-4-3-5-9-17/h3-6,8-11,16H,2,7,12-15H2,1H3. The van der Waals surface area contributed by atoms with Crippen molar-refractivity contribution < 1.29 is 9.59 Å². The van der Waals surface area contributed by atoms with Gasteiger partial charge in [0.1, 0.15) is 0 Å². The zero-order chi connectivity index (χ0) is 17.6. The molecule has 130 valence electrons. The lowest BCUT2D eigenvalue weighted by atomic mass is 10.0. The second-order valence-corrected chi connectivity index (χ2v) is 6.33. The molecule has 0 N–H and O–H groups in total. The summed E-state index contributed by atoms with van der Waals surface area (Å²) >= 11 is 0. The maximum atomic E-state index is 12.9. The lowest BCUT2D eigenvalue weighted by Crippen LogP contribution is -2.37. The Labute approximate surface area is 149 Å². The van der Waals surface area contributed by atoms with E-state index < -0.39 is 0 Å². The van der Waals surface area contributed by atoms with E-state index in [9.17, 15) is 9.59 Å². The van der Waals surface area contributed by atoms with E-state index in [1.54, 1.807) is 0 Å². The molecule has 1 fully saturated rings. The Balaban J connectivity index is 1.74. The average Bonchev–Trinajstić information content (AvgIpc) is 2.94. The summed E-state index contributed by atoms with van der Waals surface area (Å²) in [5.41, 5.74) is 2.86. The molecule has 2 aromatic rings. The molecule has 0 spiro atoms. The van der Waals surface area contributed by atoms with E-state index in [1.165, 1.54) is 0 Å². The predicted molar refractivity (Wildman–Crippen MR) is 99.3 cm³/mol. The SMILES string of the molecule is CCC(=O)N1CCCN(C(=O)c2cccc(-c3ccccc3)c2)CC1. The number of benzene rings is 2. The van der Waals surface area contributed by atoms with Gasteiger partial charge in [-0.2, -0.15) is 0 Å². The van der Waals surface area contributed by atoms with Crippen molar-refractivity contribution in [2.75, 3.05) is 26.2 Å². The topological polar surface area (TPSA) is 40.6 Å². The van der Waals surface area contributed by atoms with E-state index >= 15 is 0 Å². The minimum Gasteiger partial charge on any atom is -0.341 e. The normalized spacial score (nSPS) is 14.9. The van der Waals surface area contributed by atoms with Crippen LogP contribution in [-0.4, -0.2) is 47.8 Å². The molecule has 0 unspecified atom stereocenters. The van der Waals surface area contributed by atoms with Crippen LogP contribution in [0.1, 0.15) is 30.1 Å². The maximum absolute atomic E-state index is 12.9. The van der Waals surface area contributed by atoms with Crippen LogP contribution in [0.5, 0.6) is 0 Å². The highest BCUT2D eigenvalue weighted by Gasteiger charge is 2.22. The summed E-state index contributed by atoms with van der Waals surface area (Å²) in [4.78, 5) is 28.5. The Morgan fingerprint density at radius 1 is 0.840 bits per heavy atom. The van der Waals surface area contributed by atoms with Gasteiger partial charge in [0.25, 0.3) is 5.91 Å². The predicted octanol–water partition coefficient (Wildman–Crippen LogP) is 3.44. The fourth-order valence-electron chi connectivity index (χ4n) is 3.24. The zero-order valence-electron chi connectivity index (χ0n) is 14.6. The van der Waals surface area contributed by atoms with Gasteiger partial charge in [-0.05, 0) is 29.7 Å². The van der Waals surface area contributed by atoms with E-state index in [0.717, 1.165) is 24.1 Å². The van der Waals surface area contributed by atoms with Gasteiger partial charge < -0.3 is 9.80 Å². The van der Waals surface area contributed by atoms with Gasteiger partial charge in [-0.1, -0.05) is 49.4 Å². The number of hydrogen-bond acceptors (Lipinski definition) is 2. The van der Waals surface area contributed by atoms with Crippen LogP contribution in [0.3, 0.4) is 0 Å². The molecule has 0 aliphatic carbocycles. The molecular weight excluding hydrogens is 312 g/mol. The number of amides is 2. The molecule has 3 rings (SSSR count). The summed E-state index contributed by atoms with van der Waals surface area (Å²) in [5, 5.41) is 0. The quantitative estimate of drug-likeness (QED) is 0.861. The molecule has 2 amide bonds. The summed E-state index contributed by atoms with van der Waals surface area (Å²) < 4.78 is 0. The number of hydrogen-bond donors (Lipinski definition) is 0. The minimum atomic E-state index is 0.0450. The van der Waals surface area contributed by atoms with Crippen molar-refractivity contribution in [3.05, 3.63) is 60.2 Å². The van der Waals surface area contributed by atoms with Gasteiger partial charge in [-0.25, -0.2) is 0 Å². The van der Waals surface area contributed by atoms with Crippen LogP contribution < -0.4 is 0 Å². The van der Waals surface area contributed by atoms with Crippen LogP contribution in [0.2, 0.25) is 0 Å². The molecule has 2 aromatic carbocycles. The first kappa shape index (κ1) is 17.2. The molecule has 0 saturated carbocycles. The molecule has 0 atom stereocenters. The smallest absolute Gasteiger partial charge is 0.253 e. The Kier molecular flexibility index (Phi) is 5.49. The molecule has 1 saturated heterocycles. The number of carbonyl (C=O) groups excluding carboxylic acids is 2. The number of nitrogens with zero attached hydrogens (tertiary/aromatic N) is 2. The Morgan fingerprint density at radius 2 is 1.52 bits per heavy atom. The van der Waals surface area contributed by atoms with Gasteiger partial charge in [0.15, 0.2) is 0 Å². The third-order valence-electron chi connectivity index (χ3n) is 4.65. The Morgan fingerprint density at radius 3 is 2.28 bits per heavy atom. The molecule has 1 heterocycles. The first-order valence-corrected chi connectivity index (χ1v) is 8.91. The van der Waals surface area contributed by atoms with E-state index in [-0.39, 0.29) is 11.8 Å². The van der Waals surface area contributed by atoms with Crippen molar-refractivity contribution in [3.8, 4) is 11.1 Å². The molecule has 0 aromatic heterocycles. The Bertz CT molecular complexity index is 743. The van der Waals surface area contributed by atoms with Crippen LogP contribution in [0.25, 0.3) is 11.1 Å². The van der Waals surface area contributed by atoms with Crippen LogP contribution in [0.15, 0.2) is 54.6 Å². The van der Waals surface area contributed by atoms with E-state index in [1.807, 2.05) is 71.3 Å². The van der Waals surface area contributed by atoms with Crippen molar-refractivity contribution in [1.29, 1.82) is 0 Å². The van der Waals surface area contributed by atoms with Gasteiger partial charge in [0.05, 0.1) is 0 Å². The van der Waals surface area contributed by atoms with Gasteiger partial charge in [0, 0.05) is 38.2 Å². The molecule has 4 heteroatoms. The summed E-state index contributed by atoms with van der Waals surface area (Å²) in [5.74, 6) is 0.212. The lowest BCUT2D eigenvalue weighted by Gasteiger charge is -2.22. The summed E-state index contributed by atoms with van der Waals surface area (Å²) in [6.07, 6.45) is 1.35. The highest BCUT2D eigenvalue weighted by atomic mass is 16.2. The van der Waals surface area contributed by atoms with Crippen molar-refractivity contribution in [2.24, 2.45) is 0 Å². The van der Waals surface area contributed by atoms with E-state index in [0.29, 0.717) is 31.6 Å². The van der Waals surface area contributed by atoms with Crippen LogP contribution in [0, 0.1) is 0 Å². The number of rotatable bonds is 3. The molecule has 0 bridgehead atoms. The summed E-state index contributed by atoms with van der Waals surface area (Å²) in [6.45, 7) is 4.53. The summed E-state index contributed by atoms with van der Waals surface area (Å²) in [6, 6.07) is 17.9. The molecule has 25 heavy (non-hydrogen) atoms. The average molecular weight is 336 g/mol. The molecule has 0 radical (unpaired) electrons. The van der Waals surface area contributed by atoms with Crippen LogP contribution in [-0.2, 0) is 4.79 Å². The third-order valence-corrected chi connectivity index (χ3v) is 4.65. The van der Waals surface area contributed by atoms with Gasteiger partial charge in [-0.3, -0.25) is 9.59 Å². The summed E-state index contributed by atoms with van der Waals surface area (Å²) in [7, 11) is 0. The first-order chi connectivity index (χ1) is 12.2. The van der Waals surface area contributed by atoms with Gasteiger partial charge in [0.2, 0.25) is 5.91 Å². The second-order valence-electron chi connectivity index (χ2n) is 6.33. The monoisotopic (exact) mass is 336 g/mol. The van der Waals surface area contributed by atoms with E-state index in [2.05, 4.69) is 0 Å². The fraction of sp³-hybridized carbons (Fsp3) is 0.333. The first-order valence-electron chi connectivity index (χ1n) is 8.91. The molecule has 4 nitrogen and oxygen atoms in total. The van der Waals surface area contributed by atoms with Crippen molar-refractivity contribution in [3.63, 3.8) is 0 Å². The second kappa shape index (κ2) is 7.97. The third kappa shape index (κ3) is 4.08. The lowest BCUT2D eigenvalue weighted by molar-refractivity contribution is -0.130. The Hall–Kier alpha value is -2.62. The van der Waals surface area contributed by atoms with Gasteiger partial charge in [-0.15, -0.1) is 0 Å². The highest BCUT2D eigenvalue weighted by molar-refractivity contribution is 5.95. The van der Waals surface area contributed by atoms with Crippen molar-refractivity contribution >= 4 is 11.8 Å². The molecule has 1 aliphatic heterocycles. The van der Waals surface area contributed by atoms with Crippen LogP contribution >= 0.6 is 0 Å². The number of carbonyl (C=O) groups is 2. The van der Waals surface area contributed by atoms with Crippen molar-refractivity contribution in [1.82, 2.24) is 9.80 Å². The maximum Gasteiger partial charge on any atom is 0.253 e. The largest absolute Gasteiger partial charge is 0.341 e. The molecular formula is C21H24N2O2. The van der Waals surface area contributed by atoms with Crippen molar-refractivity contribution in [2.45, 2.75) is 19.8 Å².